The van der Waals surface area contributed by atoms with Crippen molar-refractivity contribution in [3.05, 3.63) is 47.1 Å². The van der Waals surface area contributed by atoms with Crippen LogP contribution in [-0.2, 0) is 4.84 Å². The molecule has 0 aliphatic carbocycles. The number of aromatic nitrogens is 2. The van der Waals surface area contributed by atoms with Crippen LogP contribution in [0.3, 0.4) is 0 Å². The van der Waals surface area contributed by atoms with E-state index in [-0.39, 0.29) is 5.95 Å². The zero-order valence-corrected chi connectivity index (χ0v) is 7.08. The van der Waals surface area contributed by atoms with Crippen molar-refractivity contribution in [3.8, 4) is 0 Å². The molecule has 2 N–H and O–H groups in total. The molecule has 1 aliphatic heterocycles. The maximum Gasteiger partial charge on any atom is 0.432 e. The highest BCUT2D eigenvalue weighted by Gasteiger charge is 2.01. The Hall–Kier alpha value is -2.31. The number of hydrogen-bond donors (Lipinski definition) is 2. The average Bonchev–Trinajstić information content (AvgIpc) is 2.74. The van der Waals surface area contributed by atoms with Crippen LogP contribution in [0.2, 0.25) is 0 Å². The van der Waals surface area contributed by atoms with Gasteiger partial charge >= 0.3 is 5.95 Å². The van der Waals surface area contributed by atoms with Gasteiger partial charge in [0.2, 0.25) is 0 Å². The zero-order valence-electron chi connectivity index (χ0n) is 7.08. The molecular formula is C7H8N4O3. The zero-order chi connectivity index (χ0) is 10.2. The highest BCUT2D eigenvalue weighted by molar-refractivity contribution is 5.00. The van der Waals surface area contributed by atoms with Gasteiger partial charge in [0.25, 0.3) is 0 Å². The minimum absolute atomic E-state index is 0.218. The fourth-order valence-corrected chi connectivity index (χ4v) is 0.615. The van der Waals surface area contributed by atoms with Crippen molar-refractivity contribution in [3.63, 3.8) is 0 Å². The Balaban J connectivity index is 0.000000146. The lowest BCUT2D eigenvalue weighted by molar-refractivity contribution is -0.393. The fourth-order valence-electron chi connectivity index (χ4n) is 0.615. The van der Waals surface area contributed by atoms with Gasteiger partial charge in [-0.3, -0.25) is 0 Å². The summed E-state index contributed by atoms with van der Waals surface area (Å²) in [5, 5.41) is 9.77. The fraction of sp³-hybridized carbons (Fsp3) is 0. The van der Waals surface area contributed by atoms with Crippen molar-refractivity contribution in [1.82, 2.24) is 15.4 Å². The molecule has 0 fully saturated rings. The topological polar surface area (TPSA) is 93.1 Å². The van der Waals surface area contributed by atoms with Crippen LogP contribution in [0.25, 0.3) is 0 Å². The van der Waals surface area contributed by atoms with Crippen LogP contribution in [0.5, 0.6) is 0 Å². The molecule has 2 heterocycles. The quantitative estimate of drug-likeness (QED) is 0.513. The molecule has 0 atom stereocenters. The van der Waals surface area contributed by atoms with Gasteiger partial charge in [0.15, 0.2) is 0 Å². The molecule has 0 spiro atoms. The lowest BCUT2D eigenvalue weighted by atomic mass is 10.6. The number of hydrogen-bond acceptors (Lipinski definition) is 5. The number of imidazole rings is 1. The average molecular weight is 196 g/mol. The Kier molecular flexibility index (Phi) is 3.74. The molecular weight excluding hydrogens is 188 g/mol. The van der Waals surface area contributed by atoms with Gasteiger partial charge in [-0.2, -0.15) is 0 Å². The molecule has 0 unspecified atom stereocenters. The summed E-state index contributed by atoms with van der Waals surface area (Å²) in [6.07, 6.45) is 9.66. The van der Waals surface area contributed by atoms with Crippen LogP contribution in [-0.4, -0.2) is 14.9 Å². The minimum atomic E-state index is -0.583. The third kappa shape index (κ3) is 3.39. The number of nitrogens with zero attached hydrogens (tertiary/aromatic N) is 2. The van der Waals surface area contributed by atoms with E-state index < -0.39 is 4.92 Å². The first kappa shape index (κ1) is 9.78. The molecule has 7 nitrogen and oxygen atoms in total. The number of nitro groups is 1. The first-order chi connectivity index (χ1) is 6.80. The summed E-state index contributed by atoms with van der Waals surface area (Å²) in [4.78, 5) is 19.4. The normalized spacial score (nSPS) is 12.0. The van der Waals surface area contributed by atoms with Crippen molar-refractivity contribution in [2.45, 2.75) is 0 Å². The monoisotopic (exact) mass is 196 g/mol. The largest absolute Gasteiger partial charge is 0.432 e. The van der Waals surface area contributed by atoms with Gasteiger partial charge in [-0.1, -0.05) is 4.98 Å². The number of rotatable bonds is 1. The standard InChI is InChI=1S/C4H5NO.C3H3N3O2/c1-2-4-6-5-3-1;7-6(8)3-4-1-2-5-3/h1-5H;1-2H,(H,4,5). The molecule has 14 heavy (non-hydrogen) atoms. The van der Waals surface area contributed by atoms with Crippen LogP contribution in [0.4, 0.5) is 5.95 Å². The van der Waals surface area contributed by atoms with E-state index in [1.54, 1.807) is 18.5 Å². The lowest BCUT2D eigenvalue weighted by Crippen LogP contribution is -2.01. The molecule has 7 heteroatoms. The Labute approximate surface area is 79.2 Å². The summed E-state index contributed by atoms with van der Waals surface area (Å²) >= 11 is 0. The second kappa shape index (κ2) is 5.36. The van der Waals surface area contributed by atoms with E-state index >= 15 is 0 Å². The van der Waals surface area contributed by atoms with Gasteiger partial charge in [-0.25, -0.2) is 10.5 Å². The summed E-state index contributed by atoms with van der Waals surface area (Å²) < 4.78 is 0. The second-order valence-corrected chi connectivity index (χ2v) is 2.09. The summed E-state index contributed by atoms with van der Waals surface area (Å²) in [5.41, 5.74) is 2.52. The van der Waals surface area contributed by atoms with Crippen LogP contribution in [0, 0.1) is 10.1 Å². The summed E-state index contributed by atoms with van der Waals surface area (Å²) in [7, 11) is 0. The molecule has 0 aromatic carbocycles. The third-order valence-corrected chi connectivity index (χ3v) is 1.15. The Bertz CT molecular complexity index is 319. The minimum Gasteiger partial charge on any atom is -0.391 e. The van der Waals surface area contributed by atoms with Gasteiger partial charge in [-0.15, -0.1) is 0 Å². The van der Waals surface area contributed by atoms with Crippen molar-refractivity contribution >= 4 is 5.95 Å². The van der Waals surface area contributed by atoms with E-state index in [9.17, 15) is 10.1 Å². The number of nitrogens with one attached hydrogen (secondary N) is 2. The third-order valence-electron chi connectivity index (χ3n) is 1.15. The number of aromatic amines is 1. The van der Waals surface area contributed by atoms with Gasteiger partial charge in [-0.05, 0) is 17.1 Å². The molecule has 2 rings (SSSR count). The predicted octanol–water partition coefficient (Wildman–Crippen LogP) is 0.866. The molecule has 0 saturated carbocycles. The Morgan fingerprint density at radius 3 is 2.57 bits per heavy atom. The Morgan fingerprint density at radius 1 is 1.50 bits per heavy atom. The molecule has 0 saturated heterocycles. The van der Waals surface area contributed by atoms with E-state index in [0.717, 1.165) is 0 Å². The molecule has 0 bridgehead atoms. The number of H-pyrrole nitrogens is 1. The van der Waals surface area contributed by atoms with Crippen LogP contribution < -0.4 is 5.48 Å². The summed E-state index contributed by atoms with van der Waals surface area (Å²) in [5.74, 6) is -0.218. The van der Waals surface area contributed by atoms with Gasteiger partial charge in [0.1, 0.15) is 12.5 Å². The molecule has 1 aromatic heterocycles. The summed E-state index contributed by atoms with van der Waals surface area (Å²) in [6.45, 7) is 0. The molecule has 1 aromatic rings. The highest BCUT2D eigenvalue weighted by Crippen LogP contribution is 1.96. The van der Waals surface area contributed by atoms with Gasteiger partial charge in [0, 0.05) is 6.20 Å². The maximum atomic E-state index is 9.77. The van der Waals surface area contributed by atoms with E-state index in [4.69, 9.17) is 0 Å². The molecule has 1 aliphatic rings. The van der Waals surface area contributed by atoms with Crippen molar-refractivity contribution < 1.29 is 9.76 Å². The molecule has 0 amide bonds. The van der Waals surface area contributed by atoms with Crippen molar-refractivity contribution in [2.75, 3.05) is 0 Å². The van der Waals surface area contributed by atoms with E-state index in [0.29, 0.717) is 0 Å². The van der Waals surface area contributed by atoms with E-state index in [1.807, 2.05) is 6.08 Å². The first-order valence-electron chi connectivity index (χ1n) is 3.67. The molecule has 0 radical (unpaired) electrons. The van der Waals surface area contributed by atoms with Crippen molar-refractivity contribution in [2.24, 2.45) is 0 Å². The smallest absolute Gasteiger partial charge is 0.391 e. The van der Waals surface area contributed by atoms with Gasteiger partial charge < -0.3 is 15.0 Å². The van der Waals surface area contributed by atoms with Crippen LogP contribution in [0.15, 0.2) is 37.0 Å². The lowest BCUT2D eigenvalue weighted by Gasteiger charge is -1.97. The predicted molar refractivity (Wildman–Crippen MR) is 47.7 cm³/mol. The summed E-state index contributed by atoms with van der Waals surface area (Å²) in [6, 6.07) is 0. The highest BCUT2D eigenvalue weighted by atomic mass is 16.6. The van der Waals surface area contributed by atoms with Crippen LogP contribution in [0.1, 0.15) is 0 Å². The first-order valence-corrected chi connectivity index (χ1v) is 3.67. The Morgan fingerprint density at radius 2 is 2.36 bits per heavy atom. The number of hydroxylamine groups is 1. The van der Waals surface area contributed by atoms with Gasteiger partial charge in [0.05, 0.1) is 6.20 Å². The molecule has 74 valence electrons. The van der Waals surface area contributed by atoms with Crippen molar-refractivity contribution in [1.29, 1.82) is 0 Å². The number of allylic oxidation sites excluding steroid dienone is 2. The van der Waals surface area contributed by atoms with E-state index in [2.05, 4.69) is 20.3 Å². The maximum absolute atomic E-state index is 9.77. The van der Waals surface area contributed by atoms with Crippen LogP contribution >= 0.6 is 0 Å². The SMILES string of the molecule is C1=CNOC=C1.O=[N+]([O-])c1ncc[nH]1. The van der Waals surface area contributed by atoms with E-state index in [1.165, 1.54) is 12.4 Å². The second-order valence-electron chi connectivity index (χ2n) is 2.09.